The van der Waals surface area contributed by atoms with Crippen LogP contribution in [0.4, 0.5) is 0 Å². The molecule has 0 amide bonds. The zero-order valence-electron chi connectivity index (χ0n) is 9.96. The van der Waals surface area contributed by atoms with E-state index in [1.165, 1.54) is 11.1 Å². The molecule has 18 heavy (non-hydrogen) atoms. The molecule has 0 saturated carbocycles. The van der Waals surface area contributed by atoms with E-state index in [-0.39, 0.29) is 4.83 Å². The summed E-state index contributed by atoms with van der Waals surface area (Å²) in [7, 11) is 0. The summed E-state index contributed by atoms with van der Waals surface area (Å²) in [5, 5.41) is 1.58. The molecule has 0 spiro atoms. The number of benzene rings is 2. The molecule has 0 nitrogen and oxygen atoms in total. The number of aryl methyl sites for hydroxylation is 1. The first kappa shape index (κ1) is 13.9. The summed E-state index contributed by atoms with van der Waals surface area (Å²) in [5.74, 6) is 0. The van der Waals surface area contributed by atoms with Gasteiger partial charge in [-0.2, -0.15) is 0 Å². The van der Waals surface area contributed by atoms with Crippen LogP contribution in [0.5, 0.6) is 0 Å². The van der Waals surface area contributed by atoms with E-state index in [9.17, 15) is 0 Å². The Morgan fingerprint density at radius 3 is 2.56 bits per heavy atom. The largest absolute Gasteiger partial charge is 0.0843 e. The summed E-state index contributed by atoms with van der Waals surface area (Å²) >= 11 is 15.7. The van der Waals surface area contributed by atoms with E-state index in [4.69, 9.17) is 23.2 Å². The second kappa shape index (κ2) is 6.10. The second-order valence-electron chi connectivity index (χ2n) is 4.31. The van der Waals surface area contributed by atoms with Crippen LogP contribution in [0.2, 0.25) is 10.0 Å². The lowest BCUT2D eigenvalue weighted by atomic mass is 10.0. The quantitative estimate of drug-likeness (QED) is 0.601. The van der Waals surface area contributed by atoms with Gasteiger partial charge in [0.2, 0.25) is 0 Å². The fourth-order valence-electron chi connectivity index (χ4n) is 1.85. The topological polar surface area (TPSA) is 0 Å². The molecule has 94 valence electrons. The highest BCUT2D eigenvalue weighted by molar-refractivity contribution is 9.09. The van der Waals surface area contributed by atoms with Gasteiger partial charge in [-0.1, -0.05) is 63.4 Å². The normalized spacial score (nSPS) is 12.4. The van der Waals surface area contributed by atoms with Crippen LogP contribution in [-0.4, -0.2) is 0 Å². The molecule has 1 unspecified atom stereocenters. The predicted molar refractivity (Wildman–Crippen MR) is 83.0 cm³/mol. The lowest BCUT2D eigenvalue weighted by molar-refractivity contribution is 0.947. The average molecular weight is 344 g/mol. The van der Waals surface area contributed by atoms with E-state index >= 15 is 0 Å². The maximum atomic E-state index is 6.03. The summed E-state index contributed by atoms with van der Waals surface area (Å²) in [4.78, 5) is 0.270. The molecule has 2 aromatic rings. The molecule has 0 aliphatic rings. The Morgan fingerprint density at radius 1 is 1.11 bits per heavy atom. The van der Waals surface area contributed by atoms with Crippen molar-refractivity contribution in [2.75, 3.05) is 0 Å². The highest BCUT2D eigenvalue weighted by Crippen LogP contribution is 2.30. The van der Waals surface area contributed by atoms with Crippen LogP contribution in [0, 0.1) is 6.92 Å². The molecule has 2 aromatic carbocycles. The van der Waals surface area contributed by atoms with Crippen LogP contribution in [0.15, 0.2) is 42.5 Å². The monoisotopic (exact) mass is 342 g/mol. The molecule has 3 heteroatoms. The minimum Gasteiger partial charge on any atom is -0.0843 e. The maximum absolute atomic E-state index is 6.03. The molecular formula is C15H13BrCl2. The molecule has 0 aliphatic carbocycles. The molecule has 0 saturated heterocycles. The van der Waals surface area contributed by atoms with Crippen molar-refractivity contribution in [3.63, 3.8) is 0 Å². The van der Waals surface area contributed by atoms with Crippen LogP contribution < -0.4 is 0 Å². The van der Waals surface area contributed by atoms with Gasteiger partial charge in [0, 0.05) is 14.9 Å². The third-order valence-electron chi connectivity index (χ3n) is 2.85. The van der Waals surface area contributed by atoms with E-state index in [2.05, 4.69) is 34.1 Å². The van der Waals surface area contributed by atoms with Gasteiger partial charge in [-0.3, -0.25) is 0 Å². The van der Waals surface area contributed by atoms with E-state index in [1.54, 1.807) is 0 Å². The van der Waals surface area contributed by atoms with Crippen LogP contribution in [-0.2, 0) is 6.42 Å². The standard InChI is InChI=1S/C15H13BrCl2/c1-10-7-12(5-6-15(10)18)14(16)9-11-3-2-4-13(17)8-11/h2-8,14H,9H2,1H3. The number of hydrogen-bond donors (Lipinski definition) is 0. The van der Waals surface area contributed by atoms with Gasteiger partial charge in [0.05, 0.1) is 0 Å². The molecule has 0 bridgehead atoms. The van der Waals surface area contributed by atoms with Gasteiger partial charge < -0.3 is 0 Å². The maximum Gasteiger partial charge on any atom is 0.0435 e. The van der Waals surface area contributed by atoms with Crippen molar-refractivity contribution in [3.05, 3.63) is 69.2 Å². The SMILES string of the molecule is Cc1cc(C(Br)Cc2cccc(Cl)c2)ccc1Cl. The first-order valence-electron chi connectivity index (χ1n) is 5.71. The highest BCUT2D eigenvalue weighted by atomic mass is 79.9. The molecular weight excluding hydrogens is 331 g/mol. The van der Waals surface area contributed by atoms with Crippen LogP contribution in [0.1, 0.15) is 21.5 Å². The van der Waals surface area contributed by atoms with Crippen LogP contribution in [0.25, 0.3) is 0 Å². The summed E-state index contributed by atoms with van der Waals surface area (Å²) in [6.07, 6.45) is 0.904. The Hall–Kier alpha value is -0.500. The first-order chi connectivity index (χ1) is 8.56. The zero-order chi connectivity index (χ0) is 13.1. The third-order valence-corrected chi connectivity index (χ3v) is 4.36. The Balaban J connectivity index is 2.16. The van der Waals surface area contributed by atoms with Crippen molar-refractivity contribution in [1.82, 2.24) is 0 Å². The number of alkyl halides is 1. The molecule has 0 N–H and O–H groups in total. The molecule has 0 fully saturated rings. The van der Waals surface area contributed by atoms with Crippen LogP contribution >= 0.6 is 39.1 Å². The van der Waals surface area contributed by atoms with E-state index in [0.717, 1.165) is 22.0 Å². The number of hydrogen-bond acceptors (Lipinski definition) is 0. The predicted octanol–water partition coefficient (Wildman–Crippen LogP) is 5.98. The van der Waals surface area contributed by atoms with Crippen LogP contribution in [0.3, 0.4) is 0 Å². The Bertz CT molecular complexity index is 552. The second-order valence-corrected chi connectivity index (χ2v) is 6.26. The van der Waals surface area contributed by atoms with E-state index in [0.29, 0.717) is 0 Å². The lowest BCUT2D eigenvalue weighted by Crippen LogP contribution is -1.96. The molecule has 0 aromatic heterocycles. The van der Waals surface area contributed by atoms with Crippen molar-refractivity contribution < 1.29 is 0 Å². The molecule has 0 radical (unpaired) electrons. The fraction of sp³-hybridized carbons (Fsp3) is 0.200. The van der Waals surface area contributed by atoms with E-state index in [1.807, 2.05) is 31.2 Å². The summed E-state index contributed by atoms with van der Waals surface area (Å²) < 4.78 is 0. The average Bonchev–Trinajstić information content (AvgIpc) is 2.32. The zero-order valence-corrected chi connectivity index (χ0v) is 13.1. The Morgan fingerprint density at radius 2 is 1.89 bits per heavy atom. The minimum atomic E-state index is 0.270. The van der Waals surface area contributed by atoms with Crippen molar-refractivity contribution in [2.45, 2.75) is 18.2 Å². The van der Waals surface area contributed by atoms with E-state index < -0.39 is 0 Å². The molecule has 1 atom stereocenters. The summed E-state index contributed by atoms with van der Waals surface area (Å²) in [6, 6.07) is 14.1. The number of halogens is 3. The van der Waals surface area contributed by atoms with Gasteiger partial charge in [0.15, 0.2) is 0 Å². The fourth-order valence-corrected chi connectivity index (χ4v) is 2.84. The van der Waals surface area contributed by atoms with Crippen molar-refractivity contribution in [1.29, 1.82) is 0 Å². The smallest absolute Gasteiger partial charge is 0.0435 e. The summed E-state index contributed by atoms with van der Waals surface area (Å²) in [5.41, 5.74) is 3.55. The molecule has 0 aliphatic heterocycles. The lowest BCUT2D eigenvalue weighted by Gasteiger charge is -2.12. The highest BCUT2D eigenvalue weighted by Gasteiger charge is 2.10. The van der Waals surface area contributed by atoms with Crippen molar-refractivity contribution in [2.24, 2.45) is 0 Å². The summed E-state index contributed by atoms with van der Waals surface area (Å²) in [6.45, 7) is 2.02. The van der Waals surface area contributed by atoms with Crippen molar-refractivity contribution in [3.8, 4) is 0 Å². The minimum absolute atomic E-state index is 0.270. The van der Waals surface area contributed by atoms with Crippen molar-refractivity contribution >= 4 is 39.1 Å². The first-order valence-corrected chi connectivity index (χ1v) is 7.38. The van der Waals surface area contributed by atoms with Gasteiger partial charge in [0.1, 0.15) is 0 Å². The third kappa shape index (κ3) is 3.50. The van der Waals surface area contributed by atoms with Gasteiger partial charge >= 0.3 is 0 Å². The molecule has 2 rings (SSSR count). The Kier molecular flexibility index (Phi) is 4.71. The van der Waals surface area contributed by atoms with Gasteiger partial charge in [0.25, 0.3) is 0 Å². The molecule has 0 heterocycles. The van der Waals surface area contributed by atoms with Gasteiger partial charge in [-0.15, -0.1) is 0 Å². The van der Waals surface area contributed by atoms with Gasteiger partial charge in [-0.25, -0.2) is 0 Å². The van der Waals surface area contributed by atoms with Gasteiger partial charge in [-0.05, 0) is 48.2 Å². The Labute approximate surface area is 126 Å². The number of rotatable bonds is 3.